The molecule has 0 aliphatic carbocycles. The molecule has 150 valence electrons. The summed E-state index contributed by atoms with van der Waals surface area (Å²) in [7, 11) is 0. The zero-order valence-electron chi connectivity index (χ0n) is 17.7. The molecular formula is C24H27N3OS. The first-order valence-electron chi connectivity index (χ1n) is 9.99. The largest absolute Gasteiger partial charge is 0.357 e. The molecule has 1 N–H and O–H groups in total. The number of amides is 1. The minimum absolute atomic E-state index is 0.0179. The summed E-state index contributed by atoms with van der Waals surface area (Å²) in [5.41, 5.74) is 6.14. The van der Waals surface area contributed by atoms with Crippen LogP contribution in [0.3, 0.4) is 0 Å². The Bertz CT molecular complexity index is 1080. The number of fused-ring (bicyclic) bond motifs is 1. The van der Waals surface area contributed by atoms with Crippen molar-refractivity contribution in [1.29, 1.82) is 0 Å². The van der Waals surface area contributed by atoms with Gasteiger partial charge in [0.15, 0.2) is 5.13 Å². The Hall–Kier alpha value is -2.66. The fourth-order valence-electron chi connectivity index (χ4n) is 3.76. The van der Waals surface area contributed by atoms with Gasteiger partial charge in [-0.15, -0.1) is 11.3 Å². The first kappa shape index (κ1) is 19.6. The van der Waals surface area contributed by atoms with Gasteiger partial charge in [0, 0.05) is 33.8 Å². The summed E-state index contributed by atoms with van der Waals surface area (Å²) in [6.07, 6.45) is 0.872. The van der Waals surface area contributed by atoms with Gasteiger partial charge in [0.25, 0.3) is 5.91 Å². The number of hydrogen-bond acceptors (Lipinski definition) is 4. The maximum Gasteiger partial charge on any atom is 0.258 e. The van der Waals surface area contributed by atoms with Crippen LogP contribution in [0.2, 0.25) is 0 Å². The summed E-state index contributed by atoms with van der Waals surface area (Å²) >= 11 is 1.69. The number of anilines is 2. The molecule has 1 aliphatic rings. The Kier molecular flexibility index (Phi) is 4.95. The molecule has 0 spiro atoms. The van der Waals surface area contributed by atoms with Crippen LogP contribution < -0.4 is 10.2 Å². The summed E-state index contributed by atoms with van der Waals surface area (Å²) in [6, 6.07) is 14.1. The van der Waals surface area contributed by atoms with Gasteiger partial charge in [-0.3, -0.25) is 4.79 Å². The van der Waals surface area contributed by atoms with Crippen molar-refractivity contribution in [3.05, 3.63) is 64.0 Å². The number of carbonyl (C=O) groups is 1. The number of rotatable bonds is 3. The van der Waals surface area contributed by atoms with E-state index in [0.717, 1.165) is 46.2 Å². The first-order chi connectivity index (χ1) is 13.7. The predicted octanol–water partition coefficient (Wildman–Crippen LogP) is 5.84. The number of nitrogens with zero attached hydrogens (tertiary/aromatic N) is 2. The second-order valence-electron chi connectivity index (χ2n) is 8.66. The zero-order valence-corrected chi connectivity index (χ0v) is 18.5. The molecule has 0 bridgehead atoms. The number of hydrogen-bond donors (Lipinski definition) is 1. The molecule has 1 aromatic heterocycles. The number of aryl methyl sites for hydroxylation is 2. The van der Waals surface area contributed by atoms with Crippen molar-refractivity contribution in [2.75, 3.05) is 16.8 Å². The SMILES string of the molecule is Cc1ccccc1C(=O)N1CCc2cc(-c3nc(NC(C)(C)C)sc3C)ccc21. The quantitative estimate of drug-likeness (QED) is 0.595. The first-order valence-corrected chi connectivity index (χ1v) is 10.8. The molecule has 1 aliphatic heterocycles. The Morgan fingerprint density at radius 3 is 2.62 bits per heavy atom. The normalized spacial score (nSPS) is 13.5. The van der Waals surface area contributed by atoms with Crippen LogP contribution in [-0.2, 0) is 6.42 Å². The molecule has 0 saturated heterocycles. The molecule has 0 atom stereocenters. The molecule has 0 fully saturated rings. The maximum absolute atomic E-state index is 13.1. The van der Waals surface area contributed by atoms with Crippen molar-refractivity contribution in [3.63, 3.8) is 0 Å². The Morgan fingerprint density at radius 2 is 1.90 bits per heavy atom. The van der Waals surface area contributed by atoms with E-state index < -0.39 is 0 Å². The Morgan fingerprint density at radius 1 is 1.14 bits per heavy atom. The molecule has 1 amide bonds. The van der Waals surface area contributed by atoms with E-state index in [1.54, 1.807) is 11.3 Å². The van der Waals surface area contributed by atoms with Crippen molar-refractivity contribution < 1.29 is 4.79 Å². The topological polar surface area (TPSA) is 45.2 Å². The van der Waals surface area contributed by atoms with E-state index in [2.05, 4.69) is 51.2 Å². The second-order valence-corrected chi connectivity index (χ2v) is 9.87. The zero-order chi connectivity index (χ0) is 20.8. The van der Waals surface area contributed by atoms with Crippen molar-refractivity contribution in [2.45, 2.75) is 46.6 Å². The van der Waals surface area contributed by atoms with Gasteiger partial charge in [0.05, 0.1) is 5.69 Å². The van der Waals surface area contributed by atoms with Crippen LogP contribution in [0.15, 0.2) is 42.5 Å². The average Bonchev–Trinajstić information content (AvgIpc) is 3.22. The molecule has 2 heterocycles. The second kappa shape index (κ2) is 7.30. The van der Waals surface area contributed by atoms with E-state index in [1.165, 1.54) is 10.4 Å². The molecule has 2 aromatic carbocycles. The van der Waals surface area contributed by atoms with Gasteiger partial charge in [-0.25, -0.2) is 4.98 Å². The van der Waals surface area contributed by atoms with Crippen molar-refractivity contribution >= 4 is 28.1 Å². The number of aromatic nitrogens is 1. The van der Waals surface area contributed by atoms with Crippen LogP contribution >= 0.6 is 11.3 Å². The van der Waals surface area contributed by atoms with Crippen molar-refractivity contribution in [3.8, 4) is 11.3 Å². The lowest BCUT2D eigenvalue weighted by molar-refractivity contribution is 0.0989. The molecule has 0 saturated carbocycles. The van der Waals surface area contributed by atoms with Crippen LogP contribution in [0.25, 0.3) is 11.3 Å². The molecule has 0 radical (unpaired) electrons. The molecule has 29 heavy (non-hydrogen) atoms. The lowest BCUT2D eigenvalue weighted by Gasteiger charge is -2.19. The lowest BCUT2D eigenvalue weighted by Crippen LogP contribution is -2.29. The summed E-state index contributed by atoms with van der Waals surface area (Å²) < 4.78 is 0. The van der Waals surface area contributed by atoms with E-state index in [0.29, 0.717) is 0 Å². The van der Waals surface area contributed by atoms with Crippen molar-refractivity contribution in [1.82, 2.24) is 4.98 Å². The third kappa shape index (κ3) is 3.92. The molecular weight excluding hydrogens is 378 g/mol. The van der Waals surface area contributed by atoms with Crippen LogP contribution in [0.4, 0.5) is 10.8 Å². The molecule has 3 aromatic rings. The minimum Gasteiger partial charge on any atom is -0.357 e. The highest BCUT2D eigenvalue weighted by molar-refractivity contribution is 7.16. The Labute approximate surface area is 176 Å². The summed E-state index contributed by atoms with van der Waals surface area (Å²) in [5, 5.41) is 4.41. The van der Waals surface area contributed by atoms with Crippen LogP contribution in [0.5, 0.6) is 0 Å². The van der Waals surface area contributed by atoms with Gasteiger partial charge >= 0.3 is 0 Å². The highest BCUT2D eigenvalue weighted by Gasteiger charge is 2.27. The number of carbonyl (C=O) groups excluding carboxylic acids is 1. The monoisotopic (exact) mass is 405 g/mol. The molecule has 5 heteroatoms. The average molecular weight is 406 g/mol. The smallest absolute Gasteiger partial charge is 0.258 e. The predicted molar refractivity (Wildman–Crippen MR) is 122 cm³/mol. The van der Waals surface area contributed by atoms with Gasteiger partial charge in [-0.2, -0.15) is 0 Å². The van der Waals surface area contributed by atoms with Crippen molar-refractivity contribution in [2.24, 2.45) is 0 Å². The standard InChI is InChI=1S/C24H27N3OS/c1-15-8-6-7-9-19(15)22(28)27-13-12-17-14-18(10-11-20(17)27)21-16(2)29-23(25-21)26-24(3,4)5/h6-11,14H,12-13H2,1-5H3,(H,25,26). The number of benzene rings is 2. The van der Waals surface area contributed by atoms with Gasteiger partial charge in [-0.05, 0) is 70.4 Å². The van der Waals surface area contributed by atoms with E-state index in [9.17, 15) is 4.79 Å². The third-order valence-electron chi connectivity index (χ3n) is 5.15. The van der Waals surface area contributed by atoms with E-state index in [-0.39, 0.29) is 11.4 Å². The summed E-state index contributed by atoms with van der Waals surface area (Å²) in [4.78, 5) is 21.0. The van der Waals surface area contributed by atoms with E-state index >= 15 is 0 Å². The van der Waals surface area contributed by atoms with Gasteiger partial charge in [0.1, 0.15) is 0 Å². The summed E-state index contributed by atoms with van der Waals surface area (Å²) in [6.45, 7) is 11.2. The minimum atomic E-state index is -0.0179. The highest BCUT2D eigenvalue weighted by atomic mass is 32.1. The van der Waals surface area contributed by atoms with E-state index in [1.807, 2.05) is 36.1 Å². The molecule has 4 nitrogen and oxygen atoms in total. The van der Waals surface area contributed by atoms with Gasteiger partial charge in [-0.1, -0.05) is 24.3 Å². The van der Waals surface area contributed by atoms with Gasteiger partial charge < -0.3 is 10.2 Å². The third-order valence-corrected chi connectivity index (χ3v) is 6.03. The fraction of sp³-hybridized carbons (Fsp3) is 0.333. The number of nitrogens with one attached hydrogen (secondary N) is 1. The molecule has 4 rings (SSSR count). The maximum atomic E-state index is 13.1. The summed E-state index contributed by atoms with van der Waals surface area (Å²) in [5.74, 6) is 0.0797. The number of thiazole rings is 1. The van der Waals surface area contributed by atoms with Gasteiger partial charge in [0.2, 0.25) is 0 Å². The van der Waals surface area contributed by atoms with Crippen LogP contribution in [-0.4, -0.2) is 23.0 Å². The Balaban J connectivity index is 1.63. The highest BCUT2D eigenvalue weighted by Crippen LogP contribution is 2.36. The lowest BCUT2D eigenvalue weighted by atomic mass is 10.0. The van der Waals surface area contributed by atoms with Crippen LogP contribution in [0, 0.1) is 13.8 Å². The fourth-order valence-corrected chi connectivity index (χ4v) is 4.80. The van der Waals surface area contributed by atoms with E-state index in [4.69, 9.17) is 4.98 Å². The molecule has 0 unspecified atom stereocenters. The van der Waals surface area contributed by atoms with Crippen LogP contribution in [0.1, 0.15) is 47.1 Å².